The van der Waals surface area contributed by atoms with E-state index in [1.807, 2.05) is 12.1 Å². The number of nitrogens with one attached hydrogen (secondary N) is 1. The van der Waals surface area contributed by atoms with Crippen LogP contribution in [0.15, 0.2) is 18.2 Å². The van der Waals surface area contributed by atoms with E-state index in [0.717, 1.165) is 17.7 Å². The van der Waals surface area contributed by atoms with Crippen LogP contribution in [0.4, 0.5) is 5.82 Å². The summed E-state index contributed by atoms with van der Waals surface area (Å²) in [6.45, 7) is 0. The highest BCUT2D eigenvalue weighted by atomic mass is 35.5. The summed E-state index contributed by atoms with van der Waals surface area (Å²) < 4.78 is 0. The standard InChI is InChI=1S/C11H13ClN2/c12-10-2-1-3-11(14-10)13-9-6-8(9)7-4-5-7/h1-3,7-9H,4-6H2,(H,13,14). The second-order valence-corrected chi connectivity index (χ2v) is 4.72. The fraction of sp³-hybridized carbons (Fsp3) is 0.545. The van der Waals surface area contributed by atoms with E-state index in [9.17, 15) is 0 Å². The number of hydrogen-bond acceptors (Lipinski definition) is 2. The largest absolute Gasteiger partial charge is 0.367 e. The van der Waals surface area contributed by atoms with Crippen LogP contribution < -0.4 is 5.32 Å². The molecule has 0 aliphatic heterocycles. The van der Waals surface area contributed by atoms with E-state index in [4.69, 9.17) is 11.6 Å². The van der Waals surface area contributed by atoms with E-state index in [1.165, 1.54) is 19.3 Å². The van der Waals surface area contributed by atoms with Gasteiger partial charge in [0.1, 0.15) is 11.0 Å². The van der Waals surface area contributed by atoms with Gasteiger partial charge in [0, 0.05) is 6.04 Å². The Morgan fingerprint density at radius 1 is 1.36 bits per heavy atom. The predicted molar refractivity (Wildman–Crippen MR) is 57.5 cm³/mol. The van der Waals surface area contributed by atoms with Crippen LogP contribution in [-0.2, 0) is 0 Å². The first kappa shape index (κ1) is 8.54. The van der Waals surface area contributed by atoms with E-state index in [1.54, 1.807) is 6.07 Å². The summed E-state index contributed by atoms with van der Waals surface area (Å²) in [5.41, 5.74) is 0. The van der Waals surface area contributed by atoms with Crippen LogP contribution in [0.25, 0.3) is 0 Å². The maximum Gasteiger partial charge on any atom is 0.131 e. The van der Waals surface area contributed by atoms with Crippen LogP contribution in [0.2, 0.25) is 5.15 Å². The van der Waals surface area contributed by atoms with E-state index in [-0.39, 0.29) is 0 Å². The molecule has 0 saturated heterocycles. The van der Waals surface area contributed by atoms with Crippen molar-refractivity contribution in [3.8, 4) is 0 Å². The Morgan fingerprint density at radius 3 is 2.93 bits per heavy atom. The van der Waals surface area contributed by atoms with Gasteiger partial charge in [-0.05, 0) is 43.2 Å². The number of hydrogen-bond donors (Lipinski definition) is 1. The minimum atomic E-state index is 0.568. The minimum Gasteiger partial charge on any atom is -0.367 e. The van der Waals surface area contributed by atoms with Gasteiger partial charge in [-0.25, -0.2) is 4.98 Å². The third kappa shape index (κ3) is 1.71. The monoisotopic (exact) mass is 208 g/mol. The molecule has 3 rings (SSSR count). The molecule has 1 aromatic heterocycles. The van der Waals surface area contributed by atoms with E-state index >= 15 is 0 Å². The second kappa shape index (κ2) is 3.13. The van der Waals surface area contributed by atoms with Crippen LogP contribution in [0.3, 0.4) is 0 Å². The third-order valence-corrected chi connectivity index (χ3v) is 3.33. The first-order valence-corrected chi connectivity index (χ1v) is 5.60. The van der Waals surface area contributed by atoms with Crippen molar-refractivity contribution in [2.24, 2.45) is 11.8 Å². The highest BCUT2D eigenvalue weighted by molar-refractivity contribution is 6.29. The lowest BCUT2D eigenvalue weighted by Gasteiger charge is -2.04. The summed E-state index contributed by atoms with van der Waals surface area (Å²) in [6.07, 6.45) is 4.19. The van der Waals surface area contributed by atoms with Gasteiger partial charge in [-0.15, -0.1) is 0 Å². The SMILES string of the molecule is Clc1cccc(NC2CC2C2CC2)n1. The van der Waals surface area contributed by atoms with Crippen molar-refractivity contribution < 1.29 is 0 Å². The van der Waals surface area contributed by atoms with Crippen LogP contribution in [0, 0.1) is 11.8 Å². The van der Waals surface area contributed by atoms with Gasteiger partial charge in [0.05, 0.1) is 0 Å². The van der Waals surface area contributed by atoms with Gasteiger partial charge >= 0.3 is 0 Å². The lowest BCUT2D eigenvalue weighted by Crippen LogP contribution is -2.06. The van der Waals surface area contributed by atoms with E-state index in [2.05, 4.69) is 10.3 Å². The summed E-state index contributed by atoms with van der Waals surface area (Å²) in [4.78, 5) is 4.22. The molecule has 2 fully saturated rings. The van der Waals surface area contributed by atoms with Gasteiger partial charge in [0.15, 0.2) is 0 Å². The molecule has 0 aromatic carbocycles. The molecule has 2 aliphatic rings. The van der Waals surface area contributed by atoms with Crippen molar-refractivity contribution in [1.29, 1.82) is 0 Å². The highest BCUT2D eigenvalue weighted by Crippen LogP contribution is 2.50. The number of rotatable bonds is 3. The molecule has 0 amide bonds. The average molecular weight is 209 g/mol. The van der Waals surface area contributed by atoms with E-state index in [0.29, 0.717) is 11.2 Å². The summed E-state index contributed by atoms with van der Waals surface area (Å²) >= 11 is 5.81. The molecule has 0 radical (unpaired) electrons. The zero-order valence-corrected chi connectivity index (χ0v) is 8.67. The Morgan fingerprint density at radius 2 is 2.21 bits per heavy atom. The molecule has 3 heteroatoms. The molecule has 2 saturated carbocycles. The Hall–Kier alpha value is -0.760. The summed E-state index contributed by atoms with van der Waals surface area (Å²) in [6, 6.07) is 6.38. The number of nitrogens with zero attached hydrogens (tertiary/aromatic N) is 1. The lowest BCUT2D eigenvalue weighted by atomic mass is 10.3. The highest BCUT2D eigenvalue weighted by Gasteiger charge is 2.47. The molecule has 1 heterocycles. The molecule has 0 spiro atoms. The topological polar surface area (TPSA) is 24.9 Å². The molecular formula is C11H13ClN2. The fourth-order valence-corrected chi connectivity index (χ4v) is 2.27. The zero-order chi connectivity index (χ0) is 9.54. The van der Waals surface area contributed by atoms with Crippen LogP contribution in [0.5, 0.6) is 0 Å². The number of aromatic nitrogens is 1. The van der Waals surface area contributed by atoms with Crippen LogP contribution in [-0.4, -0.2) is 11.0 Å². The number of pyridine rings is 1. The summed E-state index contributed by atoms with van der Waals surface area (Å²) in [5, 5.41) is 4.00. The normalized spacial score (nSPS) is 30.1. The van der Waals surface area contributed by atoms with Crippen molar-refractivity contribution in [3.63, 3.8) is 0 Å². The van der Waals surface area contributed by atoms with Gasteiger partial charge in [0.2, 0.25) is 0 Å². The summed E-state index contributed by atoms with van der Waals surface area (Å²) in [5.74, 6) is 2.84. The Kier molecular flexibility index (Phi) is 1.91. The summed E-state index contributed by atoms with van der Waals surface area (Å²) in [7, 11) is 0. The number of halogens is 1. The maximum atomic E-state index is 5.81. The van der Waals surface area contributed by atoms with Gasteiger partial charge in [-0.2, -0.15) is 0 Å². The minimum absolute atomic E-state index is 0.568. The predicted octanol–water partition coefficient (Wildman–Crippen LogP) is 2.95. The van der Waals surface area contributed by atoms with Crippen molar-refractivity contribution in [1.82, 2.24) is 4.98 Å². The second-order valence-electron chi connectivity index (χ2n) is 4.33. The van der Waals surface area contributed by atoms with Crippen LogP contribution >= 0.6 is 11.6 Å². The average Bonchev–Trinajstić information content (AvgIpc) is 2.96. The van der Waals surface area contributed by atoms with Gasteiger partial charge < -0.3 is 5.32 Å². The van der Waals surface area contributed by atoms with Crippen LogP contribution in [0.1, 0.15) is 19.3 Å². The Labute approximate surface area is 88.7 Å². The smallest absolute Gasteiger partial charge is 0.131 e. The quantitative estimate of drug-likeness (QED) is 0.773. The molecule has 1 N–H and O–H groups in total. The van der Waals surface area contributed by atoms with Crippen molar-refractivity contribution in [3.05, 3.63) is 23.4 Å². The number of anilines is 1. The zero-order valence-electron chi connectivity index (χ0n) is 7.91. The maximum absolute atomic E-state index is 5.81. The molecule has 74 valence electrons. The van der Waals surface area contributed by atoms with Crippen molar-refractivity contribution >= 4 is 17.4 Å². The first-order valence-electron chi connectivity index (χ1n) is 5.22. The molecule has 1 aromatic rings. The molecule has 2 unspecified atom stereocenters. The lowest BCUT2D eigenvalue weighted by molar-refractivity contribution is 0.697. The van der Waals surface area contributed by atoms with Crippen molar-refractivity contribution in [2.45, 2.75) is 25.3 Å². The Bertz CT molecular complexity index is 349. The molecular weight excluding hydrogens is 196 g/mol. The molecule has 0 bridgehead atoms. The Balaban J connectivity index is 1.62. The first-order chi connectivity index (χ1) is 6.83. The molecule has 2 atom stereocenters. The molecule has 2 aliphatic carbocycles. The van der Waals surface area contributed by atoms with Gasteiger partial charge in [-0.1, -0.05) is 17.7 Å². The molecule has 2 nitrogen and oxygen atoms in total. The van der Waals surface area contributed by atoms with Gasteiger partial charge in [-0.3, -0.25) is 0 Å². The van der Waals surface area contributed by atoms with Gasteiger partial charge in [0.25, 0.3) is 0 Å². The van der Waals surface area contributed by atoms with Crippen molar-refractivity contribution in [2.75, 3.05) is 5.32 Å². The third-order valence-electron chi connectivity index (χ3n) is 3.12. The molecule has 14 heavy (non-hydrogen) atoms. The fourth-order valence-electron chi connectivity index (χ4n) is 2.10. The van der Waals surface area contributed by atoms with E-state index < -0.39 is 0 Å².